The number of nitrogens with one attached hydrogen (secondary N) is 1. The van der Waals surface area contributed by atoms with Gasteiger partial charge in [0.05, 0.1) is 5.69 Å². The fourth-order valence-corrected chi connectivity index (χ4v) is 3.37. The van der Waals surface area contributed by atoms with Crippen LogP contribution in [-0.4, -0.2) is 9.97 Å². The van der Waals surface area contributed by atoms with Crippen LogP contribution in [0.15, 0.2) is 64.5 Å². The molecule has 1 heterocycles. The summed E-state index contributed by atoms with van der Waals surface area (Å²) in [6.07, 6.45) is 0.464. The van der Waals surface area contributed by atoms with E-state index in [4.69, 9.17) is 0 Å². The first-order valence-electron chi connectivity index (χ1n) is 7.91. The summed E-state index contributed by atoms with van der Waals surface area (Å²) in [5.41, 5.74) is 3.61. The highest BCUT2D eigenvalue weighted by molar-refractivity contribution is 7.98. The number of aromatic amines is 1. The van der Waals surface area contributed by atoms with Crippen molar-refractivity contribution in [3.8, 4) is 6.07 Å². The van der Waals surface area contributed by atoms with Crippen molar-refractivity contribution >= 4 is 11.8 Å². The number of hydrogen-bond donors (Lipinski definition) is 1. The van der Waals surface area contributed by atoms with E-state index in [0.717, 1.165) is 5.56 Å². The van der Waals surface area contributed by atoms with Crippen LogP contribution < -0.4 is 5.56 Å². The molecule has 0 aliphatic rings. The molecule has 5 heteroatoms. The predicted octanol–water partition coefficient (Wildman–Crippen LogP) is 4.47. The van der Waals surface area contributed by atoms with E-state index in [1.807, 2.05) is 61.5 Å². The van der Waals surface area contributed by atoms with Crippen LogP contribution in [0, 0.1) is 18.3 Å². The molecule has 0 bridgehead atoms. The molecule has 0 saturated carbocycles. The van der Waals surface area contributed by atoms with Gasteiger partial charge in [0.15, 0.2) is 5.16 Å². The van der Waals surface area contributed by atoms with Crippen molar-refractivity contribution in [2.75, 3.05) is 0 Å². The summed E-state index contributed by atoms with van der Waals surface area (Å²) in [6.45, 7) is 2.05. The van der Waals surface area contributed by atoms with Crippen molar-refractivity contribution in [3.63, 3.8) is 0 Å². The lowest BCUT2D eigenvalue weighted by Crippen LogP contribution is -2.17. The second-order valence-corrected chi connectivity index (χ2v) is 6.71. The Morgan fingerprint density at radius 2 is 1.85 bits per heavy atom. The van der Waals surface area contributed by atoms with Crippen molar-refractivity contribution in [1.82, 2.24) is 9.97 Å². The molecule has 0 saturated heterocycles. The van der Waals surface area contributed by atoms with E-state index in [2.05, 4.69) is 16.0 Å². The highest BCUT2D eigenvalue weighted by Crippen LogP contribution is 2.20. The second kappa shape index (κ2) is 9.02. The van der Waals surface area contributed by atoms with Crippen LogP contribution in [0.25, 0.3) is 0 Å². The molecule has 2 aromatic carbocycles. The molecule has 0 aliphatic carbocycles. The van der Waals surface area contributed by atoms with Gasteiger partial charge in [0.1, 0.15) is 11.6 Å². The van der Waals surface area contributed by atoms with Crippen molar-refractivity contribution < 1.29 is 0 Å². The minimum absolute atomic E-state index is 0. The average molecular weight is 363 g/mol. The molecule has 132 valence electrons. The largest absolute Gasteiger partial charge is 0.300 e. The molecular formula is C21H21N3OS. The summed E-state index contributed by atoms with van der Waals surface area (Å²) in [4.78, 5) is 19.4. The summed E-state index contributed by atoms with van der Waals surface area (Å²) in [5, 5.41) is 9.83. The predicted molar refractivity (Wildman–Crippen MR) is 106 cm³/mol. The van der Waals surface area contributed by atoms with Crippen molar-refractivity contribution in [1.29, 1.82) is 5.26 Å². The molecule has 26 heavy (non-hydrogen) atoms. The van der Waals surface area contributed by atoms with E-state index in [-0.39, 0.29) is 18.5 Å². The van der Waals surface area contributed by atoms with Crippen molar-refractivity contribution in [2.45, 2.75) is 31.7 Å². The lowest BCUT2D eigenvalue weighted by Gasteiger charge is -2.07. The second-order valence-electron chi connectivity index (χ2n) is 5.74. The molecule has 0 fully saturated rings. The van der Waals surface area contributed by atoms with E-state index < -0.39 is 0 Å². The highest BCUT2D eigenvalue weighted by Gasteiger charge is 2.12. The van der Waals surface area contributed by atoms with Gasteiger partial charge in [-0.25, -0.2) is 4.98 Å². The third-order valence-electron chi connectivity index (χ3n) is 3.76. The van der Waals surface area contributed by atoms with Gasteiger partial charge in [0.25, 0.3) is 5.56 Å². The number of benzene rings is 2. The Labute approximate surface area is 157 Å². The molecular weight excluding hydrogens is 342 g/mol. The van der Waals surface area contributed by atoms with Crippen LogP contribution in [0.2, 0.25) is 0 Å². The maximum atomic E-state index is 12.2. The third kappa shape index (κ3) is 4.84. The first kappa shape index (κ1) is 19.5. The summed E-state index contributed by atoms with van der Waals surface area (Å²) in [7, 11) is 0. The van der Waals surface area contributed by atoms with Gasteiger partial charge < -0.3 is 4.98 Å². The highest BCUT2D eigenvalue weighted by atomic mass is 32.2. The minimum Gasteiger partial charge on any atom is -0.300 e. The lowest BCUT2D eigenvalue weighted by atomic mass is 10.1. The molecule has 3 aromatic rings. The molecule has 0 atom stereocenters. The van der Waals surface area contributed by atoms with Gasteiger partial charge in [-0.05, 0) is 18.1 Å². The number of H-pyrrole nitrogens is 1. The number of rotatable bonds is 5. The molecule has 0 spiro atoms. The van der Waals surface area contributed by atoms with Gasteiger partial charge in [-0.15, -0.1) is 0 Å². The van der Waals surface area contributed by atoms with E-state index in [1.54, 1.807) is 0 Å². The van der Waals surface area contributed by atoms with Gasteiger partial charge in [-0.3, -0.25) is 4.79 Å². The van der Waals surface area contributed by atoms with Gasteiger partial charge in [0.2, 0.25) is 0 Å². The first-order chi connectivity index (χ1) is 12.2. The van der Waals surface area contributed by atoms with E-state index in [9.17, 15) is 10.1 Å². The zero-order chi connectivity index (χ0) is 17.6. The standard InChI is InChI=1S/C20H17N3OS.CH4/c1-14-6-5-9-16(10-14)13-25-20-22-18(17(12-21)19(24)23-20)11-15-7-3-2-4-8-15;/h2-10H,11,13H2,1H3,(H,22,23,24);1H4. The Balaban J connectivity index is 0.00000243. The van der Waals surface area contributed by atoms with Crippen LogP contribution >= 0.6 is 11.8 Å². The van der Waals surface area contributed by atoms with Crippen molar-refractivity contribution in [3.05, 3.63) is 92.9 Å². The quantitative estimate of drug-likeness (QED) is 0.536. The number of nitrogens with zero attached hydrogens (tertiary/aromatic N) is 2. The summed E-state index contributed by atoms with van der Waals surface area (Å²) < 4.78 is 0. The smallest absolute Gasteiger partial charge is 0.269 e. The maximum absolute atomic E-state index is 12.2. The normalized spacial score (nSPS) is 10.0. The number of hydrogen-bond acceptors (Lipinski definition) is 4. The fourth-order valence-electron chi connectivity index (χ4n) is 2.55. The maximum Gasteiger partial charge on any atom is 0.269 e. The minimum atomic E-state index is -0.379. The van der Waals surface area contributed by atoms with Gasteiger partial charge in [0, 0.05) is 12.2 Å². The zero-order valence-electron chi connectivity index (χ0n) is 13.8. The van der Waals surface area contributed by atoms with Crippen molar-refractivity contribution in [2.24, 2.45) is 0 Å². The van der Waals surface area contributed by atoms with E-state index in [0.29, 0.717) is 23.0 Å². The van der Waals surface area contributed by atoms with Crippen LogP contribution in [0.5, 0.6) is 0 Å². The van der Waals surface area contributed by atoms with Crippen LogP contribution in [-0.2, 0) is 12.2 Å². The van der Waals surface area contributed by atoms with Crippen LogP contribution in [0.4, 0.5) is 0 Å². The van der Waals surface area contributed by atoms with Crippen LogP contribution in [0.1, 0.15) is 35.4 Å². The fraction of sp³-hybridized carbons (Fsp3) is 0.190. The number of aromatic nitrogens is 2. The van der Waals surface area contributed by atoms with Gasteiger partial charge in [-0.1, -0.05) is 79.3 Å². The van der Waals surface area contributed by atoms with Gasteiger partial charge >= 0.3 is 0 Å². The summed E-state index contributed by atoms with van der Waals surface area (Å²) in [5.74, 6) is 0.710. The van der Waals surface area contributed by atoms with Gasteiger partial charge in [-0.2, -0.15) is 5.26 Å². The van der Waals surface area contributed by atoms with Crippen LogP contribution in [0.3, 0.4) is 0 Å². The van der Waals surface area contributed by atoms with E-state index in [1.165, 1.54) is 22.9 Å². The SMILES string of the molecule is C.Cc1cccc(CSc2nc(Cc3ccccc3)c(C#N)c(=O)[nH]2)c1. The summed E-state index contributed by atoms with van der Waals surface area (Å²) in [6, 6.07) is 19.9. The number of nitriles is 1. The summed E-state index contributed by atoms with van der Waals surface area (Å²) >= 11 is 1.46. The first-order valence-corrected chi connectivity index (χ1v) is 8.90. The zero-order valence-corrected chi connectivity index (χ0v) is 14.6. The third-order valence-corrected chi connectivity index (χ3v) is 4.70. The number of aryl methyl sites for hydroxylation is 1. The molecule has 4 nitrogen and oxygen atoms in total. The average Bonchev–Trinajstić information content (AvgIpc) is 2.61. The molecule has 0 unspecified atom stereocenters. The molecule has 3 rings (SSSR count). The Morgan fingerprint density at radius 1 is 1.12 bits per heavy atom. The monoisotopic (exact) mass is 363 g/mol. The Bertz CT molecular complexity index is 975. The Kier molecular flexibility index (Phi) is 6.76. The molecule has 1 N–H and O–H groups in total. The molecule has 0 aliphatic heterocycles. The lowest BCUT2D eigenvalue weighted by molar-refractivity contribution is 0.870. The number of thioether (sulfide) groups is 1. The topological polar surface area (TPSA) is 69.5 Å². The Hall–Kier alpha value is -2.84. The Morgan fingerprint density at radius 3 is 2.54 bits per heavy atom. The molecule has 0 radical (unpaired) electrons. The van der Waals surface area contributed by atoms with E-state index >= 15 is 0 Å². The molecule has 0 amide bonds. The molecule has 1 aromatic heterocycles.